The van der Waals surface area contributed by atoms with Gasteiger partial charge in [-0.3, -0.25) is 18.8 Å². The predicted octanol–water partition coefficient (Wildman–Crippen LogP) is 0.845. The van der Waals surface area contributed by atoms with Crippen molar-refractivity contribution in [2.45, 2.75) is 52.2 Å². The van der Waals surface area contributed by atoms with Gasteiger partial charge in [-0.25, -0.2) is 9.78 Å². The van der Waals surface area contributed by atoms with Crippen molar-refractivity contribution in [2.24, 2.45) is 14.1 Å². The van der Waals surface area contributed by atoms with Gasteiger partial charge in [-0.2, -0.15) is 0 Å². The van der Waals surface area contributed by atoms with Crippen LogP contribution in [0, 0.1) is 0 Å². The molecule has 0 saturated carbocycles. The Hall–Kier alpha value is -1.93. The summed E-state index contributed by atoms with van der Waals surface area (Å²) in [6.45, 7) is 7.59. The maximum absolute atomic E-state index is 12.8. The molecule has 0 aliphatic carbocycles. The van der Waals surface area contributed by atoms with Gasteiger partial charge < -0.3 is 9.30 Å². The van der Waals surface area contributed by atoms with Gasteiger partial charge in [0.25, 0.3) is 5.56 Å². The van der Waals surface area contributed by atoms with Gasteiger partial charge in [0.05, 0.1) is 13.2 Å². The molecule has 8 nitrogen and oxygen atoms in total. The number of hydrogen-bond donors (Lipinski definition) is 0. The van der Waals surface area contributed by atoms with E-state index in [1.54, 1.807) is 7.05 Å². The molecule has 0 aromatic carbocycles. The molecule has 2 aromatic rings. The second-order valence-corrected chi connectivity index (χ2v) is 7.07. The van der Waals surface area contributed by atoms with E-state index in [2.05, 4.69) is 11.8 Å². The molecule has 1 aliphatic heterocycles. The SMILES string of the molecule is CCOCCn1c(CN2CCCC[C@@H]2C)nc2c1c(=O)n(C)c(=O)n2C. The van der Waals surface area contributed by atoms with Gasteiger partial charge >= 0.3 is 5.69 Å². The number of hydrogen-bond acceptors (Lipinski definition) is 5. The fraction of sp³-hybridized carbons (Fsp3) is 0.722. The summed E-state index contributed by atoms with van der Waals surface area (Å²) in [7, 11) is 3.17. The zero-order valence-corrected chi connectivity index (χ0v) is 16.2. The standard InChI is InChI=1S/C18H29N5O3/c1-5-26-11-10-23-14(12-22-9-7-6-8-13(22)2)19-16-15(23)17(24)21(4)18(25)20(16)3/h13H,5-12H2,1-4H3/t13-/m0/s1. The molecule has 3 rings (SSSR count). The summed E-state index contributed by atoms with van der Waals surface area (Å²) in [5.74, 6) is 0.826. The van der Waals surface area contributed by atoms with Crippen LogP contribution in [0.15, 0.2) is 9.59 Å². The van der Waals surface area contributed by atoms with Gasteiger partial charge in [0.1, 0.15) is 5.82 Å². The number of likely N-dealkylation sites (tertiary alicyclic amines) is 1. The molecule has 1 fully saturated rings. The molecule has 0 amide bonds. The highest BCUT2D eigenvalue weighted by atomic mass is 16.5. The third kappa shape index (κ3) is 3.35. The lowest BCUT2D eigenvalue weighted by molar-refractivity contribution is 0.131. The van der Waals surface area contributed by atoms with Crippen molar-refractivity contribution in [3.8, 4) is 0 Å². The third-order valence-electron chi connectivity index (χ3n) is 5.38. The van der Waals surface area contributed by atoms with Crippen LogP contribution in [0.1, 0.15) is 38.9 Å². The fourth-order valence-electron chi connectivity index (χ4n) is 3.73. The minimum absolute atomic E-state index is 0.301. The maximum atomic E-state index is 12.8. The molecule has 0 radical (unpaired) electrons. The summed E-state index contributed by atoms with van der Waals surface area (Å²) >= 11 is 0. The number of imidazole rings is 1. The van der Waals surface area contributed by atoms with Crippen molar-refractivity contribution in [1.82, 2.24) is 23.6 Å². The summed E-state index contributed by atoms with van der Waals surface area (Å²) in [5, 5.41) is 0. The summed E-state index contributed by atoms with van der Waals surface area (Å²) in [5.41, 5.74) is 0.281. The van der Waals surface area contributed by atoms with E-state index in [-0.39, 0.29) is 11.2 Å². The van der Waals surface area contributed by atoms with Gasteiger partial charge in [-0.15, -0.1) is 0 Å². The Bertz CT molecular complexity index is 895. The average molecular weight is 363 g/mol. The molecule has 1 atom stereocenters. The van der Waals surface area contributed by atoms with Crippen LogP contribution in [0.2, 0.25) is 0 Å². The highest BCUT2D eigenvalue weighted by Gasteiger charge is 2.24. The largest absolute Gasteiger partial charge is 0.380 e. The van der Waals surface area contributed by atoms with Crippen molar-refractivity contribution < 1.29 is 4.74 Å². The van der Waals surface area contributed by atoms with Crippen LogP contribution in [0.3, 0.4) is 0 Å². The topological polar surface area (TPSA) is 74.3 Å². The number of aryl methyl sites for hydroxylation is 1. The Balaban J connectivity index is 2.09. The van der Waals surface area contributed by atoms with Crippen LogP contribution in [0.5, 0.6) is 0 Å². The Kier molecular flexibility index (Phi) is 5.62. The summed E-state index contributed by atoms with van der Waals surface area (Å²) in [4.78, 5) is 32.1. The normalized spacial score (nSPS) is 18.7. The first-order valence-corrected chi connectivity index (χ1v) is 9.42. The minimum Gasteiger partial charge on any atom is -0.380 e. The number of nitrogens with zero attached hydrogens (tertiary/aromatic N) is 5. The molecule has 0 unspecified atom stereocenters. The zero-order chi connectivity index (χ0) is 18.8. The highest BCUT2D eigenvalue weighted by molar-refractivity contribution is 5.71. The van der Waals surface area contributed by atoms with E-state index >= 15 is 0 Å². The van der Waals surface area contributed by atoms with Gasteiger partial charge in [0, 0.05) is 33.3 Å². The average Bonchev–Trinajstić information content (AvgIpc) is 2.99. The molecule has 1 saturated heterocycles. The van der Waals surface area contributed by atoms with E-state index in [4.69, 9.17) is 9.72 Å². The number of aromatic nitrogens is 4. The van der Waals surface area contributed by atoms with Crippen LogP contribution in [-0.4, -0.2) is 49.4 Å². The number of rotatable bonds is 6. The van der Waals surface area contributed by atoms with Gasteiger partial charge in [0.15, 0.2) is 11.2 Å². The van der Waals surface area contributed by atoms with Crippen LogP contribution in [0.4, 0.5) is 0 Å². The summed E-state index contributed by atoms with van der Waals surface area (Å²) in [6.07, 6.45) is 3.62. The molecule has 26 heavy (non-hydrogen) atoms. The fourth-order valence-corrected chi connectivity index (χ4v) is 3.73. The molecule has 8 heteroatoms. The molecule has 0 spiro atoms. The van der Waals surface area contributed by atoms with E-state index in [0.717, 1.165) is 16.9 Å². The highest BCUT2D eigenvalue weighted by Crippen LogP contribution is 2.20. The molecule has 3 heterocycles. The zero-order valence-electron chi connectivity index (χ0n) is 16.2. The summed E-state index contributed by atoms with van der Waals surface area (Å²) in [6, 6.07) is 0.496. The van der Waals surface area contributed by atoms with E-state index in [1.807, 2.05) is 11.5 Å². The number of piperidine rings is 1. The van der Waals surface area contributed by atoms with Gasteiger partial charge in [0.2, 0.25) is 0 Å². The predicted molar refractivity (Wildman–Crippen MR) is 100 cm³/mol. The van der Waals surface area contributed by atoms with Crippen LogP contribution in [0.25, 0.3) is 11.2 Å². The second kappa shape index (κ2) is 7.75. The lowest BCUT2D eigenvalue weighted by Crippen LogP contribution is -2.38. The quantitative estimate of drug-likeness (QED) is 0.711. The summed E-state index contributed by atoms with van der Waals surface area (Å²) < 4.78 is 10.0. The van der Waals surface area contributed by atoms with E-state index < -0.39 is 0 Å². The van der Waals surface area contributed by atoms with Gasteiger partial charge in [-0.05, 0) is 33.2 Å². The van der Waals surface area contributed by atoms with Crippen molar-refractivity contribution in [2.75, 3.05) is 19.8 Å². The first-order valence-electron chi connectivity index (χ1n) is 9.42. The van der Waals surface area contributed by atoms with Crippen LogP contribution in [-0.2, 0) is 31.9 Å². The monoisotopic (exact) mass is 363 g/mol. The van der Waals surface area contributed by atoms with Gasteiger partial charge in [-0.1, -0.05) is 6.42 Å². The second-order valence-electron chi connectivity index (χ2n) is 7.07. The minimum atomic E-state index is -0.352. The molecular weight excluding hydrogens is 334 g/mol. The Morgan fingerprint density at radius 2 is 1.96 bits per heavy atom. The first-order chi connectivity index (χ1) is 12.5. The first kappa shape index (κ1) is 18.8. The lowest BCUT2D eigenvalue weighted by atomic mass is 10.0. The Labute approximate surface area is 153 Å². The lowest BCUT2D eigenvalue weighted by Gasteiger charge is -2.33. The van der Waals surface area contributed by atoms with E-state index in [1.165, 1.54) is 30.9 Å². The molecule has 144 valence electrons. The third-order valence-corrected chi connectivity index (χ3v) is 5.38. The van der Waals surface area contributed by atoms with Crippen molar-refractivity contribution in [3.05, 3.63) is 26.7 Å². The Morgan fingerprint density at radius 3 is 2.65 bits per heavy atom. The van der Waals surface area contributed by atoms with Crippen LogP contribution >= 0.6 is 0 Å². The Morgan fingerprint density at radius 1 is 1.19 bits per heavy atom. The van der Waals surface area contributed by atoms with Crippen molar-refractivity contribution in [1.29, 1.82) is 0 Å². The maximum Gasteiger partial charge on any atom is 0.332 e. The van der Waals surface area contributed by atoms with E-state index in [0.29, 0.717) is 43.5 Å². The molecule has 1 aliphatic rings. The molecule has 0 bridgehead atoms. The smallest absolute Gasteiger partial charge is 0.332 e. The van der Waals surface area contributed by atoms with Crippen molar-refractivity contribution >= 4 is 11.2 Å². The molecular formula is C18H29N5O3. The molecule has 2 aromatic heterocycles. The number of ether oxygens (including phenoxy) is 1. The van der Waals surface area contributed by atoms with Crippen LogP contribution < -0.4 is 11.2 Å². The van der Waals surface area contributed by atoms with E-state index in [9.17, 15) is 9.59 Å². The van der Waals surface area contributed by atoms with Crippen molar-refractivity contribution in [3.63, 3.8) is 0 Å². The number of fused-ring (bicyclic) bond motifs is 1. The molecule has 0 N–H and O–H groups in total.